The number of nitrogens with zero attached hydrogens (tertiary/aromatic N) is 3. The highest BCUT2D eigenvalue weighted by molar-refractivity contribution is 7.99. The van der Waals surface area contributed by atoms with E-state index in [1.807, 2.05) is 60.0 Å². The lowest BCUT2D eigenvalue weighted by Gasteiger charge is -2.16. The molecule has 0 fully saturated rings. The zero-order valence-electron chi connectivity index (χ0n) is 18.7. The van der Waals surface area contributed by atoms with Gasteiger partial charge in [-0.25, -0.2) is 4.39 Å². The molecule has 0 unspecified atom stereocenters. The van der Waals surface area contributed by atoms with E-state index in [0.717, 1.165) is 28.1 Å². The van der Waals surface area contributed by atoms with Crippen molar-refractivity contribution in [1.82, 2.24) is 14.8 Å². The van der Waals surface area contributed by atoms with Crippen molar-refractivity contribution in [1.29, 1.82) is 0 Å². The summed E-state index contributed by atoms with van der Waals surface area (Å²) in [5.41, 5.74) is 4.62. The highest BCUT2D eigenvalue weighted by atomic mass is 32.2. The molecule has 1 N–H and O–H groups in total. The second-order valence-electron chi connectivity index (χ2n) is 8.01. The van der Waals surface area contributed by atoms with E-state index < -0.39 is 0 Å². The number of hydrogen-bond acceptors (Lipinski definition) is 4. The average molecular weight is 461 g/mol. The summed E-state index contributed by atoms with van der Waals surface area (Å²) in [5, 5.41) is 12.3. The molecule has 33 heavy (non-hydrogen) atoms. The molecular weight excluding hydrogens is 435 g/mol. The second-order valence-corrected chi connectivity index (χ2v) is 8.96. The number of rotatable bonds is 7. The van der Waals surface area contributed by atoms with Crippen LogP contribution >= 0.6 is 11.8 Å². The third-order valence-corrected chi connectivity index (χ3v) is 6.20. The summed E-state index contributed by atoms with van der Waals surface area (Å²) in [6.07, 6.45) is 0. The third kappa shape index (κ3) is 5.14. The van der Waals surface area contributed by atoms with Crippen molar-refractivity contribution in [3.05, 3.63) is 89.7 Å². The first kappa shape index (κ1) is 22.7. The lowest BCUT2D eigenvalue weighted by Crippen LogP contribution is -2.17. The van der Waals surface area contributed by atoms with Gasteiger partial charge in [-0.3, -0.25) is 9.36 Å². The Hall–Kier alpha value is -3.45. The minimum atomic E-state index is -0.312. The highest BCUT2D eigenvalue weighted by Gasteiger charge is 2.18. The first-order valence-corrected chi connectivity index (χ1v) is 11.7. The maximum absolute atomic E-state index is 13.4. The van der Waals surface area contributed by atoms with Crippen molar-refractivity contribution in [3.8, 4) is 17.1 Å². The third-order valence-electron chi connectivity index (χ3n) is 5.27. The van der Waals surface area contributed by atoms with Gasteiger partial charge in [0, 0.05) is 16.9 Å². The molecule has 4 rings (SSSR count). The molecule has 7 heteroatoms. The maximum Gasteiger partial charge on any atom is 0.234 e. The van der Waals surface area contributed by atoms with Crippen LogP contribution in [0.3, 0.4) is 0 Å². The molecule has 0 saturated heterocycles. The molecule has 168 valence electrons. The Morgan fingerprint density at radius 3 is 2.42 bits per heavy atom. The molecule has 0 aliphatic rings. The van der Waals surface area contributed by atoms with Gasteiger partial charge < -0.3 is 5.32 Å². The normalized spacial score (nSPS) is 11.1. The molecule has 0 aliphatic carbocycles. The molecule has 0 spiro atoms. The molecule has 0 saturated carbocycles. The van der Waals surface area contributed by atoms with Gasteiger partial charge in [-0.05, 0) is 60.4 Å². The fourth-order valence-electron chi connectivity index (χ4n) is 3.61. The Kier molecular flexibility index (Phi) is 6.89. The first-order valence-electron chi connectivity index (χ1n) is 10.7. The molecule has 4 aromatic rings. The summed E-state index contributed by atoms with van der Waals surface area (Å²) in [7, 11) is 0. The van der Waals surface area contributed by atoms with Crippen LogP contribution in [0.1, 0.15) is 30.9 Å². The van der Waals surface area contributed by atoms with Crippen LogP contribution in [-0.2, 0) is 4.79 Å². The highest BCUT2D eigenvalue weighted by Crippen LogP contribution is 2.30. The molecule has 1 amide bonds. The molecule has 0 bridgehead atoms. The van der Waals surface area contributed by atoms with Crippen molar-refractivity contribution >= 4 is 23.4 Å². The van der Waals surface area contributed by atoms with Crippen LogP contribution in [0.5, 0.6) is 0 Å². The number of para-hydroxylation sites is 2. The van der Waals surface area contributed by atoms with E-state index in [4.69, 9.17) is 0 Å². The van der Waals surface area contributed by atoms with Gasteiger partial charge in [0.15, 0.2) is 11.0 Å². The minimum Gasteiger partial charge on any atom is -0.325 e. The largest absolute Gasteiger partial charge is 0.325 e. The molecule has 1 heterocycles. The number of carbonyl (C=O) groups is 1. The van der Waals surface area contributed by atoms with E-state index in [9.17, 15) is 9.18 Å². The van der Waals surface area contributed by atoms with Gasteiger partial charge in [0.1, 0.15) is 5.82 Å². The number of benzene rings is 3. The number of amides is 1. The number of thioether (sulfide) groups is 1. The van der Waals surface area contributed by atoms with E-state index in [2.05, 4.69) is 29.4 Å². The van der Waals surface area contributed by atoms with Crippen molar-refractivity contribution in [2.45, 2.75) is 31.8 Å². The Morgan fingerprint density at radius 2 is 1.73 bits per heavy atom. The minimum absolute atomic E-state index is 0.109. The molecule has 0 atom stereocenters. The van der Waals surface area contributed by atoms with Crippen LogP contribution in [0.25, 0.3) is 17.1 Å². The summed E-state index contributed by atoms with van der Waals surface area (Å²) in [5.74, 6) is 0.646. The van der Waals surface area contributed by atoms with E-state index in [-0.39, 0.29) is 17.5 Å². The van der Waals surface area contributed by atoms with Crippen LogP contribution in [-0.4, -0.2) is 26.4 Å². The number of carbonyl (C=O) groups excluding carboxylic acids is 1. The SMILES string of the molecule is Cc1cccc(C(C)C)c1NC(=O)CSc1nnc(-c2ccc(F)cc2)n1-c1ccccc1. The quantitative estimate of drug-likeness (QED) is 0.332. The summed E-state index contributed by atoms with van der Waals surface area (Å²) >= 11 is 1.31. The van der Waals surface area contributed by atoms with Gasteiger partial charge in [-0.2, -0.15) is 0 Å². The predicted molar refractivity (Wildman–Crippen MR) is 131 cm³/mol. The van der Waals surface area contributed by atoms with E-state index in [0.29, 0.717) is 16.9 Å². The lowest BCUT2D eigenvalue weighted by atomic mass is 9.98. The number of nitrogens with one attached hydrogen (secondary N) is 1. The van der Waals surface area contributed by atoms with Crippen LogP contribution in [0.4, 0.5) is 10.1 Å². The Bertz CT molecular complexity index is 1250. The van der Waals surface area contributed by atoms with Gasteiger partial charge in [-0.1, -0.05) is 62.0 Å². The topological polar surface area (TPSA) is 59.8 Å². The molecule has 1 aromatic heterocycles. The maximum atomic E-state index is 13.4. The number of hydrogen-bond donors (Lipinski definition) is 1. The Balaban J connectivity index is 1.59. The summed E-state index contributed by atoms with van der Waals surface area (Å²) in [6, 6.07) is 21.9. The van der Waals surface area contributed by atoms with Crippen molar-refractivity contribution in [2.24, 2.45) is 0 Å². The Morgan fingerprint density at radius 1 is 1.00 bits per heavy atom. The lowest BCUT2D eigenvalue weighted by molar-refractivity contribution is -0.113. The standard InChI is InChI=1S/C26H25FN4OS/c1-17(2)22-11-7-8-18(3)24(22)28-23(32)16-33-26-30-29-25(19-12-14-20(27)15-13-19)31(26)21-9-5-4-6-10-21/h4-15,17H,16H2,1-3H3,(H,28,32). The Labute approximate surface area is 197 Å². The van der Waals surface area contributed by atoms with Gasteiger partial charge in [0.2, 0.25) is 5.91 Å². The summed E-state index contributed by atoms with van der Waals surface area (Å²) in [6.45, 7) is 6.21. The number of anilines is 1. The van der Waals surface area contributed by atoms with Gasteiger partial charge in [0.25, 0.3) is 0 Å². The van der Waals surface area contributed by atoms with Crippen LogP contribution < -0.4 is 5.32 Å². The second kappa shape index (κ2) is 10.0. The van der Waals surface area contributed by atoms with Gasteiger partial charge in [0.05, 0.1) is 5.75 Å². The number of aromatic nitrogens is 3. The van der Waals surface area contributed by atoms with Crippen LogP contribution in [0.15, 0.2) is 78.0 Å². The van der Waals surface area contributed by atoms with Crippen LogP contribution in [0.2, 0.25) is 0 Å². The first-order chi connectivity index (χ1) is 15.9. The zero-order valence-corrected chi connectivity index (χ0v) is 19.6. The fraction of sp³-hybridized carbons (Fsp3) is 0.192. The molecule has 0 aliphatic heterocycles. The molecule has 0 radical (unpaired) electrons. The zero-order chi connectivity index (χ0) is 23.4. The molecule has 3 aromatic carbocycles. The van der Waals surface area contributed by atoms with E-state index in [1.165, 1.54) is 23.9 Å². The number of aryl methyl sites for hydroxylation is 1. The summed E-state index contributed by atoms with van der Waals surface area (Å²) < 4.78 is 15.3. The smallest absolute Gasteiger partial charge is 0.234 e. The van der Waals surface area contributed by atoms with E-state index >= 15 is 0 Å². The van der Waals surface area contributed by atoms with Crippen molar-refractivity contribution in [2.75, 3.05) is 11.1 Å². The summed E-state index contributed by atoms with van der Waals surface area (Å²) in [4.78, 5) is 12.8. The fourth-order valence-corrected chi connectivity index (χ4v) is 4.36. The van der Waals surface area contributed by atoms with Crippen LogP contribution in [0, 0.1) is 12.7 Å². The molecular formula is C26H25FN4OS. The van der Waals surface area contributed by atoms with Gasteiger partial charge in [-0.15, -0.1) is 10.2 Å². The average Bonchev–Trinajstić information content (AvgIpc) is 3.24. The van der Waals surface area contributed by atoms with Crippen molar-refractivity contribution in [3.63, 3.8) is 0 Å². The number of halogens is 1. The van der Waals surface area contributed by atoms with Gasteiger partial charge >= 0.3 is 0 Å². The van der Waals surface area contributed by atoms with E-state index in [1.54, 1.807) is 12.1 Å². The van der Waals surface area contributed by atoms with Crippen molar-refractivity contribution < 1.29 is 9.18 Å². The monoisotopic (exact) mass is 460 g/mol. The molecule has 5 nitrogen and oxygen atoms in total. The predicted octanol–water partition coefficient (Wildman–Crippen LogP) is 6.24.